The summed E-state index contributed by atoms with van der Waals surface area (Å²) in [7, 11) is 0. The Morgan fingerprint density at radius 2 is 2.41 bits per heavy atom. The van der Waals surface area contributed by atoms with Gasteiger partial charge in [-0.05, 0) is 20.3 Å². The van der Waals surface area contributed by atoms with Gasteiger partial charge in [0, 0.05) is 11.8 Å². The summed E-state index contributed by atoms with van der Waals surface area (Å²) in [6, 6.07) is 0. The van der Waals surface area contributed by atoms with Crippen LogP contribution < -0.4 is 0 Å². The molecule has 4 atom stereocenters. The van der Waals surface area contributed by atoms with E-state index in [4.69, 9.17) is 9.47 Å². The molecule has 0 unspecified atom stereocenters. The predicted octanol–water partition coefficient (Wildman–Crippen LogP) is 3.11. The normalized spacial score (nSPS) is 36.2. The second kappa shape index (κ2) is 5.19. The van der Waals surface area contributed by atoms with Crippen LogP contribution in [0.25, 0.3) is 0 Å². The average Bonchev–Trinajstić information content (AvgIpc) is 2.63. The monoisotopic (exact) mass is 234 g/mol. The van der Waals surface area contributed by atoms with Gasteiger partial charge >= 0.3 is 0 Å². The highest BCUT2D eigenvalue weighted by atomic mass is 16.5. The van der Waals surface area contributed by atoms with Crippen molar-refractivity contribution in [3.63, 3.8) is 0 Å². The summed E-state index contributed by atoms with van der Waals surface area (Å²) in [6.07, 6.45) is 5.77. The van der Waals surface area contributed by atoms with Crippen LogP contribution in [0.3, 0.4) is 0 Å². The van der Waals surface area contributed by atoms with Gasteiger partial charge in [-0.25, -0.2) is 0 Å². The third kappa shape index (κ3) is 2.70. The molecule has 17 heavy (non-hydrogen) atoms. The van der Waals surface area contributed by atoms with Gasteiger partial charge in [0.1, 0.15) is 0 Å². The van der Waals surface area contributed by atoms with Crippen LogP contribution in [0.5, 0.6) is 0 Å². The molecule has 1 aliphatic carbocycles. The third-order valence-electron chi connectivity index (χ3n) is 3.54. The first-order valence-electron chi connectivity index (χ1n) is 6.29. The molecule has 2 heteroatoms. The van der Waals surface area contributed by atoms with E-state index in [1.807, 2.05) is 13.0 Å². The zero-order chi connectivity index (χ0) is 12.4. The van der Waals surface area contributed by atoms with Crippen molar-refractivity contribution in [2.75, 3.05) is 13.2 Å². The number of hydrogen-bond acceptors (Lipinski definition) is 2. The molecule has 0 bridgehead atoms. The van der Waals surface area contributed by atoms with Crippen molar-refractivity contribution in [2.45, 2.75) is 32.5 Å². The lowest BCUT2D eigenvalue weighted by molar-refractivity contribution is -0.0671. The maximum Gasteiger partial charge on any atom is 0.0909 e. The van der Waals surface area contributed by atoms with Gasteiger partial charge in [-0.3, -0.25) is 0 Å². The maximum atomic E-state index is 5.95. The lowest BCUT2D eigenvalue weighted by atomic mass is 9.99. The minimum atomic E-state index is 0.138. The summed E-state index contributed by atoms with van der Waals surface area (Å²) in [5, 5.41) is 0. The first-order chi connectivity index (χ1) is 8.11. The highest BCUT2D eigenvalue weighted by molar-refractivity contribution is 5.14. The summed E-state index contributed by atoms with van der Waals surface area (Å²) < 4.78 is 11.9. The lowest BCUT2D eigenvalue weighted by Gasteiger charge is -2.29. The second-order valence-electron chi connectivity index (χ2n) is 5.32. The molecule has 0 N–H and O–H groups in total. The molecule has 1 heterocycles. The van der Waals surface area contributed by atoms with E-state index < -0.39 is 0 Å². The first-order valence-corrected chi connectivity index (χ1v) is 6.29. The summed E-state index contributed by atoms with van der Waals surface area (Å²) in [6.45, 7) is 13.3. The Hall–Kier alpha value is -0.860. The fourth-order valence-corrected chi connectivity index (χ4v) is 2.78. The van der Waals surface area contributed by atoms with E-state index in [0.717, 1.165) is 18.6 Å². The Morgan fingerprint density at radius 3 is 3.06 bits per heavy atom. The first kappa shape index (κ1) is 12.6. The number of fused-ring (bicyclic) bond motifs is 1. The lowest BCUT2D eigenvalue weighted by Crippen LogP contribution is -2.36. The van der Waals surface area contributed by atoms with Gasteiger partial charge in [-0.2, -0.15) is 0 Å². The Kier molecular flexibility index (Phi) is 3.85. The SMILES string of the molecule is C=C[C@H]1C[C@H]2C=C(C)CO[C@H]2[C@H]1OCC(=C)C. The Bertz CT molecular complexity index is 343. The molecule has 0 aromatic carbocycles. The fourth-order valence-electron chi connectivity index (χ4n) is 2.78. The molecular weight excluding hydrogens is 212 g/mol. The van der Waals surface area contributed by atoms with Crippen LogP contribution in [-0.2, 0) is 9.47 Å². The molecule has 2 aliphatic rings. The van der Waals surface area contributed by atoms with Gasteiger partial charge in [-0.15, -0.1) is 6.58 Å². The van der Waals surface area contributed by atoms with E-state index in [1.165, 1.54) is 5.57 Å². The van der Waals surface area contributed by atoms with E-state index in [-0.39, 0.29) is 12.2 Å². The summed E-state index contributed by atoms with van der Waals surface area (Å²) in [5.41, 5.74) is 2.38. The highest BCUT2D eigenvalue weighted by Gasteiger charge is 2.43. The van der Waals surface area contributed by atoms with E-state index in [9.17, 15) is 0 Å². The molecule has 94 valence electrons. The number of ether oxygens (including phenoxy) is 2. The van der Waals surface area contributed by atoms with Crippen molar-refractivity contribution in [2.24, 2.45) is 11.8 Å². The molecule has 1 fully saturated rings. The summed E-state index contributed by atoms with van der Waals surface area (Å²) in [4.78, 5) is 0. The highest BCUT2D eigenvalue weighted by Crippen LogP contribution is 2.40. The topological polar surface area (TPSA) is 18.5 Å². The quantitative estimate of drug-likeness (QED) is 0.696. The second-order valence-corrected chi connectivity index (χ2v) is 5.32. The van der Waals surface area contributed by atoms with Gasteiger partial charge in [0.05, 0.1) is 25.4 Å². The Balaban J connectivity index is 2.07. The number of hydrogen-bond donors (Lipinski definition) is 0. The van der Waals surface area contributed by atoms with Gasteiger partial charge in [0.25, 0.3) is 0 Å². The third-order valence-corrected chi connectivity index (χ3v) is 3.54. The molecule has 0 radical (unpaired) electrons. The van der Waals surface area contributed by atoms with E-state index in [1.54, 1.807) is 0 Å². The van der Waals surface area contributed by atoms with Crippen molar-refractivity contribution in [1.29, 1.82) is 0 Å². The standard InChI is InChI=1S/C15H22O2/c1-5-12-7-13-6-11(4)9-17-15(13)14(12)16-8-10(2)3/h5-6,12-15H,1-2,7-9H2,3-4H3/t12-,13+,14-,15+/m0/s1. The molecule has 0 amide bonds. The molecule has 2 rings (SSSR count). The average molecular weight is 234 g/mol. The van der Waals surface area contributed by atoms with Crippen molar-refractivity contribution >= 4 is 0 Å². The van der Waals surface area contributed by atoms with Crippen molar-refractivity contribution in [3.05, 3.63) is 36.5 Å². The molecule has 1 aliphatic heterocycles. The van der Waals surface area contributed by atoms with Crippen LogP contribution in [0.2, 0.25) is 0 Å². The van der Waals surface area contributed by atoms with Crippen LogP contribution in [-0.4, -0.2) is 25.4 Å². The van der Waals surface area contributed by atoms with Crippen molar-refractivity contribution < 1.29 is 9.47 Å². The smallest absolute Gasteiger partial charge is 0.0909 e. The fraction of sp³-hybridized carbons (Fsp3) is 0.600. The molecule has 0 saturated heterocycles. The summed E-state index contributed by atoms with van der Waals surface area (Å²) in [5.74, 6) is 0.883. The number of rotatable bonds is 4. The van der Waals surface area contributed by atoms with Crippen LogP contribution in [0.15, 0.2) is 36.5 Å². The van der Waals surface area contributed by atoms with Gasteiger partial charge in [0.15, 0.2) is 0 Å². The van der Waals surface area contributed by atoms with Crippen LogP contribution in [0, 0.1) is 11.8 Å². The van der Waals surface area contributed by atoms with Gasteiger partial charge in [-0.1, -0.05) is 29.9 Å². The van der Waals surface area contributed by atoms with Crippen molar-refractivity contribution in [3.8, 4) is 0 Å². The van der Waals surface area contributed by atoms with Gasteiger partial charge < -0.3 is 9.47 Å². The minimum Gasteiger partial charge on any atom is -0.371 e. The Morgan fingerprint density at radius 1 is 1.65 bits per heavy atom. The molecule has 0 aromatic heterocycles. The van der Waals surface area contributed by atoms with Crippen molar-refractivity contribution in [1.82, 2.24) is 0 Å². The van der Waals surface area contributed by atoms with Crippen LogP contribution in [0.1, 0.15) is 20.3 Å². The van der Waals surface area contributed by atoms with E-state index in [0.29, 0.717) is 18.4 Å². The largest absolute Gasteiger partial charge is 0.371 e. The van der Waals surface area contributed by atoms with E-state index in [2.05, 4.69) is 26.2 Å². The molecule has 0 spiro atoms. The maximum absolute atomic E-state index is 5.95. The minimum absolute atomic E-state index is 0.138. The zero-order valence-corrected chi connectivity index (χ0v) is 10.8. The van der Waals surface area contributed by atoms with E-state index >= 15 is 0 Å². The summed E-state index contributed by atoms with van der Waals surface area (Å²) >= 11 is 0. The molecular formula is C15H22O2. The van der Waals surface area contributed by atoms with Crippen LogP contribution >= 0.6 is 0 Å². The zero-order valence-electron chi connectivity index (χ0n) is 10.8. The van der Waals surface area contributed by atoms with Gasteiger partial charge in [0.2, 0.25) is 0 Å². The molecule has 0 aromatic rings. The predicted molar refractivity (Wildman–Crippen MR) is 69.8 cm³/mol. The Labute approximate surface area is 104 Å². The van der Waals surface area contributed by atoms with Crippen LogP contribution in [0.4, 0.5) is 0 Å². The molecule has 1 saturated carbocycles. The molecule has 2 nitrogen and oxygen atoms in total.